The number of rotatable bonds is 7. The molecule has 33 heavy (non-hydrogen) atoms. The number of fused-ring (bicyclic) bond motifs is 3. The van der Waals surface area contributed by atoms with E-state index in [1.165, 1.54) is 25.5 Å². The van der Waals surface area contributed by atoms with Crippen LogP contribution in [0.3, 0.4) is 0 Å². The smallest absolute Gasteiger partial charge is 0.228 e. The number of benzene rings is 2. The van der Waals surface area contributed by atoms with Gasteiger partial charge in [0.2, 0.25) is 11.6 Å². The number of carbonyl (C=O) groups excluding carboxylic acids is 2. The van der Waals surface area contributed by atoms with Crippen molar-refractivity contribution in [1.29, 1.82) is 5.41 Å². The van der Waals surface area contributed by atoms with Crippen molar-refractivity contribution in [3.8, 4) is 0 Å². The summed E-state index contributed by atoms with van der Waals surface area (Å²) in [6.45, 7) is 2.86. The van der Waals surface area contributed by atoms with Crippen LogP contribution >= 0.6 is 0 Å². The Morgan fingerprint density at radius 2 is 1.64 bits per heavy atom. The molecular formula is C28H28N2O3. The molecule has 2 aromatic heterocycles. The number of carbonyl (C=O) groups is 2. The SMILES string of the molecule is CCn1c2ccc(C(=O)C(=N)CC3CCCCC3)cc2c2cc(C(=O)c3ccco3)ccc21. The van der Waals surface area contributed by atoms with Crippen molar-refractivity contribution in [2.75, 3.05) is 0 Å². The Labute approximate surface area is 192 Å². The largest absolute Gasteiger partial charge is 0.461 e. The van der Waals surface area contributed by atoms with Crippen LogP contribution in [0, 0.1) is 11.3 Å². The van der Waals surface area contributed by atoms with E-state index in [2.05, 4.69) is 11.5 Å². The second-order valence-corrected chi connectivity index (χ2v) is 9.03. The van der Waals surface area contributed by atoms with E-state index in [1.54, 1.807) is 12.1 Å². The Morgan fingerprint density at radius 1 is 0.970 bits per heavy atom. The quantitative estimate of drug-likeness (QED) is 0.253. The average molecular weight is 441 g/mol. The molecule has 0 saturated heterocycles. The van der Waals surface area contributed by atoms with E-state index < -0.39 is 0 Å². The third-order valence-electron chi connectivity index (χ3n) is 6.94. The average Bonchev–Trinajstić information content (AvgIpc) is 3.49. The van der Waals surface area contributed by atoms with Crippen LogP contribution in [0.15, 0.2) is 59.2 Å². The van der Waals surface area contributed by atoms with E-state index >= 15 is 0 Å². The number of furan rings is 1. The monoisotopic (exact) mass is 440 g/mol. The van der Waals surface area contributed by atoms with Gasteiger partial charge in [0.25, 0.3) is 0 Å². The molecule has 0 amide bonds. The molecule has 2 heterocycles. The van der Waals surface area contributed by atoms with Crippen LogP contribution in [0.2, 0.25) is 0 Å². The molecule has 5 heteroatoms. The van der Waals surface area contributed by atoms with Crippen molar-refractivity contribution < 1.29 is 14.0 Å². The second kappa shape index (κ2) is 8.81. The van der Waals surface area contributed by atoms with Crippen LogP contribution in [0.25, 0.3) is 21.8 Å². The molecule has 4 aromatic rings. The van der Waals surface area contributed by atoms with Crippen LogP contribution in [-0.4, -0.2) is 21.8 Å². The Kier molecular flexibility index (Phi) is 5.71. The third kappa shape index (κ3) is 3.92. The fourth-order valence-electron chi connectivity index (χ4n) is 5.22. The van der Waals surface area contributed by atoms with Crippen molar-refractivity contribution in [1.82, 2.24) is 4.57 Å². The lowest BCUT2D eigenvalue weighted by molar-refractivity contribution is 0.101. The molecule has 0 atom stereocenters. The zero-order valence-electron chi connectivity index (χ0n) is 18.9. The molecule has 5 nitrogen and oxygen atoms in total. The molecule has 1 aliphatic carbocycles. The van der Waals surface area contributed by atoms with Crippen LogP contribution in [0.1, 0.15) is 71.9 Å². The summed E-state index contributed by atoms with van der Waals surface area (Å²) in [5.41, 5.74) is 3.33. The number of nitrogens with one attached hydrogen (secondary N) is 1. The zero-order valence-corrected chi connectivity index (χ0v) is 18.9. The standard InChI is InChI=1S/C28H28N2O3/c1-2-30-24-12-10-19(27(31)23(29)15-18-7-4-3-5-8-18)16-21(24)22-17-20(11-13-25(22)30)28(32)26-9-6-14-33-26/h6,9-14,16-18,29H,2-5,7-8,15H2,1H3. The Bertz CT molecular complexity index is 1360. The van der Waals surface area contributed by atoms with Gasteiger partial charge in [-0.15, -0.1) is 0 Å². The number of ketones is 2. The molecule has 1 N–H and O–H groups in total. The maximum atomic E-state index is 13.1. The van der Waals surface area contributed by atoms with Crippen molar-refractivity contribution in [3.63, 3.8) is 0 Å². The molecule has 0 bridgehead atoms. The highest BCUT2D eigenvalue weighted by Crippen LogP contribution is 2.32. The van der Waals surface area contributed by atoms with Gasteiger partial charge in [-0.2, -0.15) is 0 Å². The van der Waals surface area contributed by atoms with Gasteiger partial charge in [0.1, 0.15) is 0 Å². The van der Waals surface area contributed by atoms with Gasteiger partial charge < -0.3 is 14.4 Å². The lowest BCUT2D eigenvalue weighted by Crippen LogP contribution is -2.19. The predicted molar refractivity (Wildman–Crippen MR) is 131 cm³/mol. The van der Waals surface area contributed by atoms with E-state index in [0.717, 1.165) is 41.2 Å². The van der Waals surface area contributed by atoms with E-state index in [0.29, 0.717) is 29.2 Å². The maximum absolute atomic E-state index is 13.1. The third-order valence-corrected chi connectivity index (χ3v) is 6.94. The van der Waals surface area contributed by atoms with Crippen LogP contribution in [0.5, 0.6) is 0 Å². The van der Waals surface area contributed by atoms with E-state index in [1.807, 2.05) is 36.4 Å². The summed E-state index contributed by atoms with van der Waals surface area (Å²) in [5.74, 6) is 0.403. The molecule has 0 aliphatic heterocycles. The minimum Gasteiger partial charge on any atom is -0.461 e. The van der Waals surface area contributed by atoms with Gasteiger partial charge in [-0.25, -0.2) is 0 Å². The molecule has 0 unspecified atom stereocenters. The van der Waals surface area contributed by atoms with Crippen molar-refractivity contribution in [2.24, 2.45) is 5.92 Å². The Morgan fingerprint density at radius 3 is 2.27 bits per heavy atom. The van der Waals surface area contributed by atoms with Crippen molar-refractivity contribution in [2.45, 2.75) is 52.0 Å². The highest BCUT2D eigenvalue weighted by Gasteiger charge is 2.21. The summed E-state index contributed by atoms with van der Waals surface area (Å²) >= 11 is 0. The minimum atomic E-state index is -0.192. The molecule has 0 spiro atoms. The van der Waals surface area contributed by atoms with Crippen LogP contribution in [0.4, 0.5) is 0 Å². The molecule has 5 rings (SSSR count). The Balaban J connectivity index is 1.53. The normalized spacial score (nSPS) is 14.7. The summed E-state index contributed by atoms with van der Waals surface area (Å²) in [4.78, 5) is 25.9. The van der Waals surface area contributed by atoms with Gasteiger partial charge in [-0.05, 0) is 67.8 Å². The lowest BCUT2D eigenvalue weighted by Gasteiger charge is -2.21. The van der Waals surface area contributed by atoms with Gasteiger partial charge in [-0.1, -0.05) is 32.1 Å². The molecule has 1 saturated carbocycles. The summed E-state index contributed by atoms with van der Waals surface area (Å²) in [6.07, 6.45) is 7.96. The number of hydrogen-bond donors (Lipinski definition) is 1. The molecule has 1 aliphatic rings. The first kappa shape index (κ1) is 21.4. The van der Waals surface area contributed by atoms with Gasteiger partial charge in [-0.3, -0.25) is 9.59 Å². The molecule has 168 valence electrons. The van der Waals surface area contributed by atoms with Crippen molar-refractivity contribution in [3.05, 3.63) is 71.7 Å². The van der Waals surface area contributed by atoms with E-state index in [9.17, 15) is 9.59 Å². The lowest BCUT2D eigenvalue weighted by atomic mass is 9.84. The van der Waals surface area contributed by atoms with Crippen LogP contribution < -0.4 is 0 Å². The minimum absolute atomic E-state index is 0.166. The van der Waals surface area contributed by atoms with Crippen molar-refractivity contribution >= 4 is 39.1 Å². The fraction of sp³-hybridized carbons (Fsp3) is 0.321. The Hall–Kier alpha value is -3.47. The predicted octanol–water partition coefficient (Wildman–Crippen LogP) is 6.81. The van der Waals surface area contributed by atoms with Gasteiger partial charge >= 0.3 is 0 Å². The van der Waals surface area contributed by atoms with Gasteiger partial charge in [0.15, 0.2) is 5.76 Å². The zero-order chi connectivity index (χ0) is 22.9. The summed E-state index contributed by atoms with van der Waals surface area (Å²) in [7, 11) is 0. The summed E-state index contributed by atoms with van der Waals surface area (Å²) in [6, 6.07) is 14.7. The summed E-state index contributed by atoms with van der Waals surface area (Å²) in [5, 5.41) is 10.3. The van der Waals surface area contributed by atoms with E-state index in [-0.39, 0.29) is 17.3 Å². The highest BCUT2D eigenvalue weighted by atomic mass is 16.3. The van der Waals surface area contributed by atoms with Gasteiger partial charge in [0, 0.05) is 39.5 Å². The number of aromatic nitrogens is 1. The number of Topliss-reactive ketones (excluding diaryl/α,β-unsaturated/α-hetero) is 1. The first-order valence-electron chi connectivity index (χ1n) is 11.8. The first-order chi connectivity index (χ1) is 16.1. The number of nitrogens with zero attached hydrogens (tertiary/aromatic N) is 1. The second-order valence-electron chi connectivity index (χ2n) is 9.03. The number of aryl methyl sites for hydroxylation is 1. The highest BCUT2D eigenvalue weighted by molar-refractivity contribution is 6.45. The fourth-order valence-corrected chi connectivity index (χ4v) is 5.22. The molecule has 1 fully saturated rings. The van der Waals surface area contributed by atoms with E-state index in [4.69, 9.17) is 9.83 Å². The van der Waals surface area contributed by atoms with Crippen LogP contribution in [-0.2, 0) is 6.54 Å². The maximum Gasteiger partial charge on any atom is 0.228 e. The van der Waals surface area contributed by atoms with Gasteiger partial charge in [0.05, 0.1) is 12.0 Å². The molecular weight excluding hydrogens is 412 g/mol. The number of hydrogen-bond acceptors (Lipinski definition) is 4. The topological polar surface area (TPSA) is 76.1 Å². The summed E-state index contributed by atoms with van der Waals surface area (Å²) < 4.78 is 7.48. The first-order valence-corrected chi connectivity index (χ1v) is 11.8. The molecule has 2 aromatic carbocycles. The molecule has 0 radical (unpaired) electrons.